The van der Waals surface area contributed by atoms with Crippen LogP contribution in [0.1, 0.15) is 36.8 Å². The fourth-order valence-corrected chi connectivity index (χ4v) is 2.36. The van der Waals surface area contributed by atoms with Gasteiger partial charge in [-0.2, -0.15) is 8.78 Å². The van der Waals surface area contributed by atoms with Crippen LogP contribution in [0.3, 0.4) is 0 Å². The molecule has 2 rings (SSSR count). The van der Waals surface area contributed by atoms with Crippen molar-refractivity contribution in [3.63, 3.8) is 0 Å². The van der Waals surface area contributed by atoms with Crippen LogP contribution in [0.25, 0.3) is 0 Å². The molecule has 1 aromatic heterocycles. The third kappa shape index (κ3) is 7.31. The average molecular weight is 494 g/mol. The molecule has 6 nitrogen and oxygen atoms in total. The fraction of sp³-hybridized carbons (Fsp3) is 0.444. The lowest BCUT2D eigenvalue weighted by atomic mass is 10.1. The van der Waals surface area contributed by atoms with E-state index in [-0.39, 0.29) is 29.7 Å². The molecule has 0 aliphatic heterocycles. The Morgan fingerprint density at radius 3 is 2.48 bits per heavy atom. The zero-order valence-electron chi connectivity index (χ0n) is 15.8. The van der Waals surface area contributed by atoms with Crippen molar-refractivity contribution in [2.24, 2.45) is 4.99 Å². The zero-order valence-corrected chi connectivity index (χ0v) is 18.1. The van der Waals surface area contributed by atoms with Gasteiger partial charge >= 0.3 is 6.61 Å². The first-order chi connectivity index (χ1) is 12.4. The second kappa shape index (κ2) is 11.1. The molecule has 0 fully saturated rings. The lowest BCUT2D eigenvalue weighted by Crippen LogP contribution is -2.37. The molecule has 0 saturated carbocycles. The summed E-state index contributed by atoms with van der Waals surface area (Å²) >= 11 is 0. The third-order valence-corrected chi connectivity index (χ3v) is 3.73. The van der Waals surface area contributed by atoms with Crippen LogP contribution in [0.4, 0.5) is 8.78 Å². The molecule has 0 bridgehead atoms. The summed E-state index contributed by atoms with van der Waals surface area (Å²) in [6.07, 6.45) is 0. The largest absolute Gasteiger partial charge is 0.435 e. The Balaban J connectivity index is 0.00000364. The summed E-state index contributed by atoms with van der Waals surface area (Å²) < 4.78 is 34.0. The van der Waals surface area contributed by atoms with Crippen LogP contribution in [0.2, 0.25) is 0 Å². The molecule has 0 saturated heterocycles. The molecule has 150 valence electrons. The van der Waals surface area contributed by atoms with Crippen LogP contribution < -0.4 is 10.1 Å². The van der Waals surface area contributed by atoms with Gasteiger partial charge in [0.05, 0.1) is 12.2 Å². The Hall–Kier alpha value is -1.91. The monoisotopic (exact) mass is 494 g/mol. The number of benzene rings is 1. The molecule has 27 heavy (non-hydrogen) atoms. The van der Waals surface area contributed by atoms with Crippen molar-refractivity contribution in [2.75, 3.05) is 14.1 Å². The maximum atomic E-state index is 12.2. The first-order valence-electron chi connectivity index (χ1n) is 8.30. The average Bonchev–Trinajstić information content (AvgIpc) is 3.06. The van der Waals surface area contributed by atoms with Crippen molar-refractivity contribution in [2.45, 2.75) is 39.5 Å². The Morgan fingerprint density at radius 2 is 1.96 bits per heavy atom. The summed E-state index contributed by atoms with van der Waals surface area (Å²) in [6, 6.07) is 8.45. The highest BCUT2D eigenvalue weighted by atomic mass is 127. The minimum absolute atomic E-state index is 0. The van der Waals surface area contributed by atoms with Crippen LogP contribution in [-0.2, 0) is 13.1 Å². The zero-order chi connectivity index (χ0) is 19.1. The molecule has 9 heteroatoms. The van der Waals surface area contributed by atoms with Crippen molar-refractivity contribution in [3.05, 3.63) is 47.3 Å². The van der Waals surface area contributed by atoms with Crippen LogP contribution in [0.5, 0.6) is 5.75 Å². The van der Waals surface area contributed by atoms with Gasteiger partial charge in [0.25, 0.3) is 0 Å². The Bertz CT molecular complexity index is 720. The molecular weight excluding hydrogens is 469 g/mol. The van der Waals surface area contributed by atoms with E-state index >= 15 is 0 Å². The number of halogens is 3. The highest BCUT2D eigenvalue weighted by Crippen LogP contribution is 2.16. The molecule has 1 aromatic carbocycles. The first-order valence-corrected chi connectivity index (χ1v) is 8.30. The minimum Gasteiger partial charge on any atom is -0.435 e. The van der Waals surface area contributed by atoms with Gasteiger partial charge in [0.2, 0.25) is 0 Å². The maximum Gasteiger partial charge on any atom is 0.387 e. The molecule has 0 spiro atoms. The molecular formula is C18H25F2IN4O2. The van der Waals surface area contributed by atoms with Gasteiger partial charge in [0, 0.05) is 26.7 Å². The van der Waals surface area contributed by atoms with Gasteiger partial charge in [-0.1, -0.05) is 31.1 Å². The lowest BCUT2D eigenvalue weighted by molar-refractivity contribution is -0.0498. The van der Waals surface area contributed by atoms with E-state index in [1.807, 2.05) is 18.0 Å². The van der Waals surface area contributed by atoms with Gasteiger partial charge in [0.1, 0.15) is 5.75 Å². The van der Waals surface area contributed by atoms with E-state index in [1.165, 1.54) is 12.1 Å². The summed E-state index contributed by atoms with van der Waals surface area (Å²) in [5, 5.41) is 7.24. The molecule has 0 amide bonds. The van der Waals surface area contributed by atoms with Crippen molar-refractivity contribution < 1.29 is 18.0 Å². The van der Waals surface area contributed by atoms with Gasteiger partial charge in [-0.15, -0.1) is 24.0 Å². The lowest BCUT2D eigenvalue weighted by Gasteiger charge is -2.21. The highest BCUT2D eigenvalue weighted by molar-refractivity contribution is 14.0. The number of aromatic nitrogens is 1. The molecule has 1 N–H and O–H groups in total. The van der Waals surface area contributed by atoms with Crippen LogP contribution >= 0.6 is 24.0 Å². The number of hydrogen-bond donors (Lipinski definition) is 1. The summed E-state index contributed by atoms with van der Waals surface area (Å²) in [5.41, 5.74) is 1.86. The number of alkyl halides is 2. The SMILES string of the molecule is CN=C(NCc1cc(C(C)C)no1)N(C)Cc1ccc(OC(F)F)cc1.I. The van der Waals surface area contributed by atoms with Crippen molar-refractivity contribution in [1.82, 2.24) is 15.4 Å². The van der Waals surface area contributed by atoms with Crippen molar-refractivity contribution in [3.8, 4) is 5.75 Å². The Morgan fingerprint density at radius 1 is 1.30 bits per heavy atom. The van der Waals surface area contributed by atoms with E-state index < -0.39 is 6.61 Å². The molecule has 2 aromatic rings. The number of hydrogen-bond acceptors (Lipinski definition) is 4. The highest BCUT2D eigenvalue weighted by Gasteiger charge is 2.11. The van der Waals surface area contributed by atoms with Gasteiger partial charge in [-0.05, 0) is 23.6 Å². The third-order valence-electron chi connectivity index (χ3n) is 3.73. The van der Waals surface area contributed by atoms with Crippen molar-refractivity contribution in [1.29, 1.82) is 0 Å². The van der Waals surface area contributed by atoms with E-state index in [1.54, 1.807) is 19.2 Å². The second-order valence-corrected chi connectivity index (χ2v) is 6.15. The summed E-state index contributed by atoms with van der Waals surface area (Å²) in [5.74, 6) is 1.86. The first kappa shape index (κ1) is 23.1. The van der Waals surface area contributed by atoms with E-state index in [0.29, 0.717) is 25.0 Å². The summed E-state index contributed by atoms with van der Waals surface area (Å²) in [6.45, 7) is 2.32. The van der Waals surface area contributed by atoms with Gasteiger partial charge in [-0.25, -0.2) is 0 Å². The van der Waals surface area contributed by atoms with E-state index in [4.69, 9.17) is 4.52 Å². The second-order valence-electron chi connectivity index (χ2n) is 6.15. The van der Waals surface area contributed by atoms with E-state index in [9.17, 15) is 8.78 Å². The number of rotatable bonds is 7. The smallest absolute Gasteiger partial charge is 0.387 e. The normalized spacial score (nSPS) is 11.5. The van der Waals surface area contributed by atoms with Crippen molar-refractivity contribution >= 4 is 29.9 Å². The number of nitrogens with one attached hydrogen (secondary N) is 1. The van der Waals surface area contributed by atoms with Crippen LogP contribution in [0, 0.1) is 0 Å². The number of nitrogens with zero attached hydrogens (tertiary/aromatic N) is 3. The minimum atomic E-state index is -2.82. The molecule has 0 aliphatic rings. The van der Waals surface area contributed by atoms with Gasteiger partial charge < -0.3 is 19.5 Å². The number of ether oxygens (including phenoxy) is 1. The van der Waals surface area contributed by atoms with Gasteiger partial charge in [-0.3, -0.25) is 4.99 Å². The molecule has 0 unspecified atom stereocenters. The van der Waals surface area contributed by atoms with E-state index in [0.717, 1.165) is 17.0 Å². The number of guanidine groups is 1. The summed E-state index contributed by atoms with van der Waals surface area (Å²) in [7, 11) is 3.58. The summed E-state index contributed by atoms with van der Waals surface area (Å²) in [4.78, 5) is 6.16. The number of aliphatic imine (C=N–C) groups is 1. The fourth-order valence-electron chi connectivity index (χ4n) is 2.36. The van der Waals surface area contributed by atoms with Crippen LogP contribution in [-0.4, -0.2) is 36.7 Å². The topological polar surface area (TPSA) is 62.9 Å². The molecule has 1 heterocycles. The Kier molecular flexibility index (Phi) is 9.47. The predicted octanol–water partition coefficient (Wildman–Crippen LogP) is 4.22. The molecule has 0 atom stereocenters. The van der Waals surface area contributed by atoms with Crippen LogP contribution in [0.15, 0.2) is 39.8 Å². The standard InChI is InChI=1S/C18H24F2N4O2.HI/c1-12(2)16-9-15(26-23-16)10-22-18(21-3)24(4)11-13-5-7-14(8-6-13)25-17(19)20;/h5-9,12,17H,10-11H2,1-4H3,(H,21,22);1H. The quantitative estimate of drug-likeness (QED) is 0.355. The molecule has 0 radical (unpaired) electrons. The Labute approximate surface area is 175 Å². The van der Waals surface area contributed by atoms with Gasteiger partial charge in [0.15, 0.2) is 11.7 Å². The maximum absolute atomic E-state index is 12.2. The predicted molar refractivity (Wildman–Crippen MR) is 111 cm³/mol. The van der Waals surface area contributed by atoms with E-state index in [2.05, 4.69) is 34.1 Å². The molecule has 0 aliphatic carbocycles.